The maximum atomic E-state index is 12.4. The molecule has 0 fully saturated rings. The van der Waals surface area contributed by atoms with Gasteiger partial charge in [-0.1, -0.05) is 19.9 Å². The number of alkyl halides is 3. The Hall–Kier alpha value is -2.78. The molecule has 0 spiro atoms. The Balaban J connectivity index is 3.23. The highest BCUT2D eigenvalue weighted by Crippen LogP contribution is 2.32. The van der Waals surface area contributed by atoms with Crippen LogP contribution in [-0.2, 0) is 17.6 Å². The van der Waals surface area contributed by atoms with Gasteiger partial charge in [-0.15, -0.1) is 0 Å². The minimum Gasteiger partial charge on any atom is -0.419 e. The van der Waals surface area contributed by atoms with E-state index in [2.05, 4.69) is 20.4 Å². The zero-order valence-corrected chi connectivity index (χ0v) is 14.0. The van der Waals surface area contributed by atoms with E-state index >= 15 is 0 Å². The number of rotatable bonds is 4. The number of nitrogens with zero attached hydrogens (tertiary/aromatic N) is 1. The first-order chi connectivity index (χ1) is 11.6. The zero-order valence-electron chi connectivity index (χ0n) is 14.0. The van der Waals surface area contributed by atoms with Crippen LogP contribution in [0.5, 0.6) is 5.75 Å². The number of nitrogens with two attached hydrogens (primary N) is 1. The van der Waals surface area contributed by atoms with Gasteiger partial charge in [0.2, 0.25) is 0 Å². The van der Waals surface area contributed by atoms with Crippen LogP contribution in [0.1, 0.15) is 25.0 Å². The van der Waals surface area contributed by atoms with Crippen LogP contribution < -0.4 is 21.1 Å². The quantitative estimate of drug-likeness (QED) is 0.332. The van der Waals surface area contributed by atoms with Crippen molar-refractivity contribution in [2.24, 2.45) is 10.7 Å². The summed E-state index contributed by atoms with van der Waals surface area (Å²) >= 11 is 0. The summed E-state index contributed by atoms with van der Waals surface area (Å²) in [6.45, 7) is 3.46. The molecule has 0 saturated carbocycles. The molecular weight excluding hydrogens is 341 g/mol. The number of aliphatic imine (C=N–C) groups is 1. The lowest BCUT2D eigenvalue weighted by Crippen LogP contribution is -2.39. The van der Waals surface area contributed by atoms with Crippen LogP contribution in [0.2, 0.25) is 0 Å². The highest BCUT2D eigenvalue weighted by molar-refractivity contribution is 6.02. The first kappa shape index (κ1) is 20.3. The van der Waals surface area contributed by atoms with Gasteiger partial charge in [0.25, 0.3) is 0 Å². The molecule has 0 radical (unpaired) electrons. The number of nitrogens with one attached hydrogen (secondary N) is 2. The van der Waals surface area contributed by atoms with Crippen LogP contribution in [0, 0.1) is 0 Å². The number of hydrogen-bond acceptors (Lipinski definition) is 4. The third-order valence-corrected chi connectivity index (χ3v) is 3.25. The van der Waals surface area contributed by atoms with E-state index < -0.39 is 18.2 Å². The number of carbonyl (C=O) groups is 2. The highest BCUT2D eigenvalue weighted by Gasteiger charge is 2.41. The third kappa shape index (κ3) is 5.37. The minimum absolute atomic E-state index is 0.131. The van der Waals surface area contributed by atoms with Gasteiger partial charge in [0.15, 0.2) is 5.96 Å². The summed E-state index contributed by atoms with van der Waals surface area (Å²) in [4.78, 5) is 26.6. The van der Waals surface area contributed by atoms with Crippen molar-refractivity contribution >= 4 is 23.6 Å². The van der Waals surface area contributed by atoms with Crippen LogP contribution in [-0.4, -0.2) is 31.2 Å². The first-order valence-electron chi connectivity index (χ1n) is 7.37. The fourth-order valence-corrected chi connectivity index (χ4v) is 2.05. The van der Waals surface area contributed by atoms with Crippen LogP contribution in [0.3, 0.4) is 0 Å². The van der Waals surface area contributed by atoms with E-state index in [4.69, 9.17) is 5.73 Å². The largest absolute Gasteiger partial charge is 0.491 e. The van der Waals surface area contributed by atoms with E-state index in [1.165, 1.54) is 19.2 Å². The zero-order chi connectivity index (χ0) is 19.2. The van der Waals surface area contributed by atoms with Crippen molar-refractivity contribution in [3.63, 3.8) is 0 Å². The summed E-state index contributed by atoms with van der Waals surface area (Å²) in [5.74, 6) is -2.73. The summed E-state index contributed by atoms with van der Waals surface area (Å²) in [6, 6.07) is 2.03. The van der Waals surface area contributed by atoms with Crippen molar-refractivity contribution in [1.82, 2.24) is 5.32 Å². The van der Waals surface area contributed by atoms with Gasteiger partial charge in [-0.2, -0.15) is 13.2 Å². The van der Waals surface area contributed by atoms with Crippen LogP contribution in [0.25, 0.3) is 0 Å². The molecule has 138 valence electrons. The SMILES string of the molecule is CCc1ccc(OC(=O)C(F)(F)F)c(CC)c1NC(=O)NC(N)=NC. The Morgan fingerprint density at radius 1 is 1.24 bits per heavy atom. The molecule has 10 heteroatoms. The number of hydrogen-bond donors (Lipinski definition) is 3. The molecule has 1 aromatic rings. The second kappa shape index (κ2) is 8.36. The molecule has 0 aliphatic heterocycles. The highest BCUT2D eigenvalue weighted by atomic mass is 19.4. The molecule has 0 aliphatic rings. The van der Waals surface area contributed by atoms with Gasteiger partial charge in [0, 0.05) is 12.6 Å². The number of urea groups is 1. The normalized spacial score (nSPS) is 11.8. The summed E-state index contributed by atoms with van der Waals surface area (Å²) in [5, 5.41) is 4.77. The molecule has 1 aromatic carbocycles. The van der Waals surface area contributed by atoms with Gasteiger partial charge >= 0.3 is 18.2 Å². The predicted molar refractivity (Wildman–Crippen MR) is 86.6 cm³/mol. The van der Waals surface area contributed by atoms with Crippen molar-refractivity contribution in [1.29, 1.82) is 0 Å². The summed E-state index contributed by atoms with van der Waals surface area (Å²) in [7, 11) is 1.38. The predicted octanol–water partition coefficient (Wildman–Crippen LogP) is 2.35. The lowest BCUT2D eigenvalue weighted by molar-refractivity contribution is -0.189. The second-order valence-corrected chi connectivity index (χ2v) is 4.86. The van der Waals surface area contributed by atoms with Crippen LogP contribution in [0.4, 0.5) is 23.7 Å². The molecule has 2 amide bonds. The van der Waals surface area contributed by atoms with Crippen LogP contribution >= 0.6 is 0 Å². The second-order valence-electron chi connectivity index (χ2n) is 4.86. The summed E-state index contributed by atoms with van der Waals surface area (Å²) in [6.07, 6.45) is -4.40. The van der Waals surface area contributed by atoms with Crippen molar-refractivity contribution in [3.8, 4) is 5.75 Å². The third-order valence-electron chi connectivity index (χ3n) is 3.25. The Bertz CT molecular complexity index is 687. The average Bonchev–Trinajstić information content (AvgIpc) is 2.54. The van der Waals surface area contributed by atoms with Crippen LogP contribution in [0.15, 0.2) is 17.1 Å². The van der Waals surface area contributed by atoms with Gasteiger partial charge in [-0.25, -0.2) is 9.59 Å². The minimum atomic E-state index is -5.12. The van der Waals surface area contributed by atoms with Gasteiger partial charge in [0.05, 0.1) is 5.69 Å². The number of amides is 2. The summed E-state index contributed by atoms with van der Waals surface area (Å²) in [5.41, 5.74) is 6.58. The first-order valence-corrected chi connectivity index (χ1v) is 7.37. The number of aryl methyl sites for hydroxylation is 1. The van der Waals surface area contributed by atoms with Gasteiger partial charge < -0.3 is 15.8 Å². The number of halogens is 3. The molecule has 25 heavy (non-hydrogen) atoms. The molecule has 7 nitrogen and oxygen atoms in total. The van der Waals surface area contributed by atoms with Gasteiger partial charge in [0.1, 0.15) is 5.75 Å². The van der Waals surface area contributed by atoms with Crippen molar-refractivity contribution in [2.45, 2.75) is 32.9 Å². The number of ether oxygens (including phenoxy) is 1. The number of benzene rings is 1. The van der Waals surface area contributed by atoms with Crippen molar-refractivity contribution in [2.75, 3.05) is 12.4 Å². The molecular formula is C15H19F3N4O3. The molecule has 4 N–H and O–H groups in total. The van der Waals surface area contributed by atoms with E-state index in [1.807, 2.05) is 0 Å². The lowest BCUT2D eigenvalue weighted by atomic mass is 10.0. The fraction of sp³-hybridized carbons (Fsp3) is 0.400. The molecule has 0 atom stereocenters. The number of esters is 1. The number of carbonyl (C=O) groups excluding carboxylic acids is 2. The van der Waals surface area contributed by atoms with E-state index in [0.717, 1.165) is 0 Å². The van der Waals surface area contributed by atoms with Crippen molar-refractivity contribution in [3.05, 3.63) is 23.3 Å². The molecule has 0 aliphatic carbocycles. The topological polar surface area (TPSA) is 106 Å². The maximum Gasteiger partial charge on any atom is 0.491 e. The average molecular weight is 360 g/mol. The Morgan fingerprint density at radius 3 is 2.36 bits per heavy atom. The van der Waals surface area contributed by atoms with E-state index in [0.29, 0.717) is 12.0 Å². The molecule has 0 saturated heterocycles. The van der Waals surface area contributed by atoms with E-state index in [-0.39, 0.29) is 29.4 Å². The van der Waals surface area contributed by atoms with Gasteiger partial charge in [-0.3, -0.25) is 10.3 Å². The molecule has 0 unspecified atom stereocenters. The number of anilines is 1. The molecule has 1 rings (SSSR count). The lowest BCUT2D eigenvalue weighted by Gasteiger charge is -2.18. The molecule has 0 heterocycles. The Kier molecular flexibility index (Phi) is 6.77. The summed E-state index contributed by atoms with van der Waals surface area (Å²) < 4.78 is 41.7. The van der Waals surface area contributed by atoms with E-state index in [1.54, 1.807) is 13.8 Å². The van der Waals surface area contributed by atoms with Gasteiger partial charge in [-0.05, 0) is 24.5 Å². The Morgan fingerprint density at radius 2 is 1.88 bits per heavy atom. The fourth-order valence-electron chi connectivity index (χ4n) is 2.05. The number of guanidine groups is 1. The smallest absolute Gasteiger partial charge is 0.419 e. The van der Waals surface area contributed by atoms with E-state index in [9.17, 15) is 22.8 Å². The van der Waals surface area contributed by atoms with Crippen molar-refractivity contribution < 1.29 is 27.5 Å². The molecule has 0 aromatic heterocycles. The maximum absolute atomic E-state index is 12.4. The molecule has 0 bridgehead atoms. The monoisotopic (exact) mass is 360 g/mol. The standard InChI is InChI=1S/C15H19F3N4O3/c1-4-8-6-7-10(25-12(23)15(16,17)18)9(5-2)11(8)21-14(24)22-13(19)20-3/h6-7H,4-5H2,1-3H3,(H4,19,20,21,22,24). The Labute approximate surface area is 142 Å².